The van der Waals surface area contributed by atoms with E-state index in [2.05, 4.69) is 0 Å². The van der Waals surface area contributed by atoms with Gasteiger partial charge in [0.25, 0.3) is 0 Å². The number of imide groups is 1. The molecule has 0 saturated carbocycles. The fraction of sp³-hybridized carbons (Fsp3) is 0.286. The number of likely N-dealkylation sites (N-methyl/N-ethyl adjacent to an activating group) is 2. The van der Waals surface area contributed by atoms with Gasteiger partial charge in [0.2, 0.25) is 5.85 Å². The van der Waals surface area contributed by atoms with Crippen molar-refractivity contribution in [1.29, 1.82) is 0 Å². The molecule has 22 heavy (non-hydrogen) atoms. The van der Waals surface area contributed by atoms with Crippen LogP contribution in [0.2, 0.25) is 10.0 Å². The first-order valence-corrected chi connectivity index (χ1v) is 7.10. The largest absolute Gasteiger partial charge is 0.350 e. The zero-order valence-corrected chi connectivity index (χ0v) is 13.8. The van der Waals surface area contributed by atoms with Crippen LogP contribution in [0.3, 0.4) is 0 Å². The van der Waals surface area contributed by atoms with E-state index in [9.17, 15) is 14.7 Å². The topological polar surface area (TPSA) is 64.1 Å². The van der Waals surface area contributed by atoms with Gasteiger partial charge in [-0.2, -0.15) is 0 Å². The van der Waals surface area contributed by atoms with Crippen LogP contribution in [0.25, 0.3) is 6.08 Å². The van der Waals surface area contributed by atoms with E-state index in [1.54, 1.807) is 18.2 Å². The summed E-state index contributed by atoms with van der Waals surface area (Å²) in [6.45, 7) is 0. The lowest BCUT2D eigenvalue weighted by atomic mass is 10.1. The molecule has 0 bridgehead atoms. The Bertz CT molecular complexity index is 620. The van der Waals surface area contributed by atoms with Crippen molar-refractivity contribution in [2.45, 2.75) is 5.85 Å². The Hall–Kier alpha value is -1.76. The first-order valence-electron chi connectivity index (χ1n) is 6.35. The van der Waals surface area contributed by atoms with Crippen molar-refractivity contribution in [2.75, 3.05) is 21.1 Å². The average molecular weight is 344 g/mol. The Labute approximate surface area is 138 Å². The number of hydrogen-bond acceptors (Lipinski definition) is 3. The van der Waals surface area contributed by atoms with Gasteiger partial charge in [-0.25, -0.2) is 14.5 Å². The fourth-order valence-corrected chi connectivity index (χ4v) is 2.65. The highest BCUT2D eigenvalue weighted by Crippen LogP contribution is 2.29. The van der Waals surface area contributed by atoms with Crippen LogP contribution in [-0.2, 0) is 0 Å². The van der Waals surface area contributed by atoms with Crippen LogP contribution in [-0.4, -0.2) is 58.9 Å². The molecular weight excluding hydrogens is 329 g/mol. The number of halogens is 2. The number of carbonyl (C=O) groups is 2. The lowest BCUT2D eigenvalue weighted by Gasteiger charge is -2.47. The highest BCUT2D eigenvalue weighted by molar-refractivity contribution is 6.37. The molecule has 1 fully saturated rings. The molecule has 1 heterocycles. The molecule has 0 aromatic heterocycles. The number of aliphatic hydroxyl groups is 1. The van der Waals surface area contributed by atoms with Crippen LogP contribution < -0.4 is 0 Å². The van der Waals surface area contributed by atoms with Gasteiger partial charge in [-0.1, -0.05) is 29.3 Å². The predicted octanol–water partition coefficient (Wildman–Crippen LogP) is 2.70. The van der Waals surface area contributed by atoms with E-state index in [0.717, 1.165) is 14.7 Å². The van der Waals surface area contributed by atoms with Crippen molar-refractivity contribution < 1.29 is 14.7 Å². The summed E-state index contributed by atoms with van der Waals surface area (Å²) in [7, 11) is 4.12. The van der Waals surface area contributed by atoms with Gasteiger partial charge in [-0.3, -0.25) is 9.80 Å². The second kappa shape index (κ2) is 5.79. The predicted molar refractivity (Wildman–Crippen MR) is 84.5 cm³/mol. The Morgan fingerprint density at radius 2 is 1.50 bits per heavy atom. The Morgan fingerprint density at radius 1 is 1.05 bits per heavy atom. The molecule has 1 saturated heterocycles. The molecule has 6 nitrogen and oxygen atoms in total. The second-order valence-corrected chi connectivity index (χ2v) is 5.71. The maximum absolute atomic E-state index is 12.0. The molecule has 118 valence electrons. The standard InChI is InChI=1S/C14H15Cl2N3O3/c1-17-12(20)18(2)14(22,19(3)13(17)21)8-7-9-10(15)5-4-6-11(9)16/h4-8,22H,1-3H3/b8-7+. The van der Waals surface area contributed by atoms with Crippen molar-refractivity contribution >= 4 is 41.3 Å². The summed E-state index contributed by atoms with van der Waals surface area (Å²) in [5, 5.41) is 11.5. The van der Waals surface area contributed by atoms with E-state index < -0.39 is 17.9 Å². The molecule has 0 aliphatic carbocycles. The molecule has 0 atom stereocenters. The van der Waals surface area contributed by atoms with Gasteiger partial charge >= 0.3 is 12.1 Å². The normalized spacial score (nSPS) is 18.5. The molecule has 8 heteroatoms. The minimum Gasteiger partial charge on any atom is -0.350 e. The summed E-state index contributed by atoms with van der Waals surface area (Å²) in [6.07, 6.45) is 2.77. The number of rotatable bonds is 2. The summed E-state index contributed by atoms with van der Waals surface area (Å²) >= 11 is 12.1. The van der Waals surface area contributed by atoms with Crippen LogP contribution in [0.1, 0.15) is 5.56 Å². The minimum absolute atomic E-state index is 0.392. The second-order valence-electron chi connectivity index (χ2n) is 4.90. The third-order valence-electron chi connectivity index (χ3n) is 3.61. The molecule has 2 rings (SSSR count). The van der Waals surface area contributed by atoms with Gasteiger partial charge in [0.15, 0.2) is 0 Å². The maximum Gasteiger partial charge on any atom is 0.331 e. The van der Waals surface area contributed by atoms with E-state index in [0.29, 0.717) is 15.6 Å². The van der Waals surface area contributed by atoms with Crippen molar-refractivity contribution in [3.05, 3.63) is 39.9 Å². The first-order chi connectivity index (χ1) is 10.2. The molecule has 1 aromatic rings. The molecule has 1 aliphatic rings. The Kier molecular flexibility index (Phi) is 4.37. The third kappa shape index (κ3) is 2.54. The molecule has 1 N–H and O–H groups in total. The highest BCUT2D eigenvalue weighted by Gasteiger charge is 2.48. The number of hydrogen-bond donors (Lipinski definition) is 1. The molecule has 1 aliphatic heterocycles. The fourth-order valence-electron chi connectivity index (χ4n) is 2.13. The van der Waals surface area contributed by atoms with Crippen LogP contribution in [0.4, 0.5) is 9.59 Å². The van der Waals surface area contributed by atoms with Gasteiger partial charge in [0, 0.05) is 36.8 Å². The van der Waals surface area contributed by atoms with Crippen LogP contribution >= 0.6 is 23.2 Å². The summed E-state index contributed by atoms with van der Waals surface area (Å²) in [5.41, 5.74) is 0.486. The van der Waals surface area contributed by atoms with Gasteiger partial charge in [0.05, 0.1) is 0 Å². The summed E-state index contributed by atoms with van der Waals surface area (Å²) in [4.78, 5) is 27.0. The lowest BCUT2D eigenvalue weighted by Crippen LogP contribution is -2.70. The van der Waals surface area contributed by atoms with Crippen LogP contribution in [0.15, 0.2) is 24.3 Å². The first kappa shape index (κ1) is 16.6. The summed E-state index contributed by atoms with van der Waals surface area (Å²) < 4.78 is 0. The minimum atomic E-state index is -1.91. The molecule has 0 spiro atoms. The van der Waals surface area contributed by atoms with E-state index in [1.165, 1.54) is 33.3 Å². The van der Waals surface area contributed by atoms with Gasteiger partial charge in [-0.05, 0) is 24.3 Å². The van der Waals surface area contributed by atoms with Gasteiger partial charge < -0.3 is 5.11 Å². The van der Waals surface area contributed by atoms with E-state index >= 15 is 0 Å². The molecule has 1 aromatic carbocycles. The number of urea groups is 2. The Balaban J connectivity index is 2.43. The van der Waals surface area contributed by atoms with E-state index in [4.69, 9.17) is 23.2 Å². The van der Waals surface area contributed by atoms with Gasteiger partial charge in [-0.15, -0.1) is 0 Å². The van der Waals surface area contributed by atoms with E-state index in [1.807, 2.05) is 0 Å². The molecular formula is C14H15Cl2N3O3. The number of amides is 4. The zero-order chi connectivity index (χ0) is 16.7. The third-order valence-corrected chi connectivity index (χ3v) is 4.27. The molecule has 0 unspecified atom stereocenters. The number of nitrogens with zero attached hydrogens (tertiary/aromatic N) is 3. The van der Waals surface area contributed by atoms with Crippen molar-refractivity contribution in [1.82, 2.24) is 14.7 Å². The number of benzene rings is 1. The zero-order valence-electron chi connectivity index (χ0n) is 12.2. The van der Waals surface area contributed by atoms with Crippen LogP contribution in [0, 0.1) is 0 Å². The van der Waals surface area contributed by atoms with E-state index in [-0.39, 0.29) is 0 Å². The SMILES string of the molecule is CN1C(=O)N(C)C(O)(/C=C/c2c(Cl)cccc2Cl)N(C)C1=O. The van der Waals surface area contributed by atoms with Crippen LogP contribution in [0.5, 0.6) is 0 Å². The monoisotopic (exact) mass is 343 g/mol. The highest BCUT2D eigenvalue weighted by atomic mass is 35.5. The van der Waals surface area contributed by atoms with Crippen molar-refractivity contribution in [3.63, 3.8) is 0 Å². The van der Waals surface area contributed by atoms with Gasteiger partial charge in [0.1, 0.15) is 0 Å². The molecule has 0 radical (unpaired) electrons. The summed E-state index contributed by atoms with van der Waals surface area (Å²) in [6, 6.07) is 3.74. The number of carbonyl (C=O) groups excluding carboxylic acids is 2. The quantitative estimate of drug-likeness (QED) is 0.897. The Morgan fingerprint density at radius 3 is 1.95 bits per heavy atom. The van der Waals surface area contributed by atoms with Crippen molar-refractivity contribution in [3.8, 4) is 0 Å². The smallest absolute Gasteiger partial charge is 0.331 e. The lowest BCUT2D eigenvalue weighted by molar-refractivity contribution is -0.136. The maximum atomic E-state index is 12.0. The summed E-state index contributed by atoms with van der Waals surface area (Å²) in [5.74, 6) is -1.91. The van der Waals surface area contributed by atoms with Crippen molar-refractivity contribution in [2.24, 2.45) is 0 Å². The average Bonchev–Trinajstić information content (AvgIpc) is 2.49. The molecule has 4 amide bonds.